The van der Waals surface area contributed by atoms with Gasteiger partial charge in [0, 0.05) is 27.7 Å². The smallest absolute Gasteiger partial charge is 0.330 e. The Morgan fingerprint density at radius 1 is 0.881 bits per heavy atom. The zero-order valence-electron chi connectivity index (χ0n) is 21.9. The number of nitrogens with one attached hydrogen (secondary N) is 1. The van der Waals surface area contributed by atoms with Gasteiger partial charge in [0.2, 0.25) is 5.91 Å². The van der Waals surface area contributed by atoms with Gasteiger partial charge < -0.3 is 4.84 Å². The van der Waals surface area contributed by atoms with Crippen LogP contribution in [0.1, 0.15) is 30.2 Å². The van der Waals surface area contributed by atoms with Gasteiger partial charge in [-0.15, -0.1) is 16.8 Å². The highest BCUT2D eigenvalue weighted by Crippen LogP contribution is 2.48. The number of rotatable bonds is 7. The highest BCUT2D eigenvalue weighted by atomic mass is 35.5. The maximum atomic E-state index is 13.7. The van der Waals surface area contributed by atoms with Gasteiger partial charge in [-0.25, -0.2) is 10.2 Å². The Bertz CT molecular complexity index is 1540. The summed E-state index contributed by atoms with van der Waals surface area (Å²) in [6, 6.07) is 22.1. The first kappa shape index (κ1) is 28.3. The van der Waals surface area contributed by atoms with Crippen molar-refractivity contribution in [3.05, 3.63) is 83.4 Å². The number of nitrogens with zero attached hydrogens (tertiary/aromatic N) is 3. The minimum atomic E-state index is -0.888. The van der Waals surface area contributed by atoms with Crippen LogP contribution in [0.25, 0.3) is 0 Å². The molecule has 42 heavy (non-hydrogen) atoms. The zero-order chi connectivity index (χ0) is 29.4. The number of carbonyl (C=O) groups excluding carboxylic acids is 5. The summed E-state index contributed by atoms with van der Waals surface area (Å²) in [4.78, 5) is 72.2. The second-order valence-corrected chi connectivity index (χ2v) is 12.4. The Hall–Kier alpha value is -3.84. The quantitative estimate of drug-likeness (QED) is 0.377. The molecule has 4 amide bonds. The number of thioether (sulfide) groups is 1. The fraction of sp³-hybridized carbons (Fsp3) is 0.207. The topological polar surface area (TPSA) is 116 Å². The molecule has 1 N–H and O–H groups in total. The Balaban J connectivity index is 1.21. The first-order valence-electron chi connectivity index (χ1n) is 13.0. The van der Waals surface area contributed by atoms with Crippen molar-refractivity contribution in [1.29, 1.82) is 0 Å². The molecule has 2 saturated heterocycles. The van der Waals surface area contributed by atoms with E-state index < -0.39 is 34.3 Å². The van der Waals surface area contributed by atoms with Gasteiger partial charge in [-0.05, 0) is 42.0 Å². The van der Waals surface area contributed by atoms with E-state index in [1.54, 1.807) is 40.9 Å². The molecule has 3 aromatic carbocycles. The Morgan fingerprint density at radius 2 is 1.48 bits per heavy atom. The van der Waals surface area contributed by atoms with E-state index in [1.807, 2.05) is 48.5 Å². The van der Waals surface area contributed by atoms with Gasteiger partial charge in [-0.1, -0.05) is 59.8 Å². The molecule has 13 heteroatoms. The lowest BCUT2D eigenvalue weighted by Gasteiger charge is -2.32. The van der Waals surface area contributed by atoms with Gasteiger partial charge in [0.25, 0.3) is 17.7 Å². The van der Waals surface area contributed by atoms with Crippen LogP contribution in [0.4, 0.5) is 11.4 Å². The largest absolute Gasteiger partial charge is 0.334 e. The summed E-state index contributed by atoms with van der Waals surface area (Å²) in [6.45, 7) is -0.211. The highest BCUT2D eigenvalue weighted by Gasteiger charge is 2.44. The second kappa shape index (κ2) is 11.8. The fourth-order valence-corrected chi connectivity index (χ4v) is 7.42. The molecule has 0 saturated carbocycles. The first-order valence-corrected chi connectivity index (χ1v) is 15.2. The van der Waals surface area contributed by atoms with Gasteiger partial charge in [-0.3, -0.25) is 29.1 Å². The number of halogens is 1. The van der Waals surface area contributed by atoms with E-state index in [4.69, 9.17) is 16.4 Å². The number of imide groups is 1. The summed E-state index contributed by atoms with van der Waals surface area (Å²) >= 11 is 8.85. The molecule has 2 unspecified atom stereocenters. The molecule has 0 aliphatic carbocycles. The van der Waals surface area contributed by atoms with Crippen molar-refractivity contribution in [3.8, 4) is 0 Å². The van der Waals surface area contributed by atoms with Crippen molar-refractivity contribution < 1.29 is 28.8 Å². The lowest BCUT2D eigenvalue weighted by Crippen LogP contribution is -2.47. The summed E-state index contributed by atoms with van der Waals surface area (Å²) in [5.74, 6) is -2.80. The normalized spacial score (nSPS) is 19.6. The molecule has 3 aliphatic heterocycles. The van der Waals surface area contributed by atoms with Gasteiger partial charge in [0.15, 0.2) is 0 Å². The number of hydrogen-bond donors (Lipinski definition) is 1. The maximum absolute atomic E-state index is 13.7. The third kappa shape index (κ3) is 5.50. The molecule has 3 aliphatic rings. The number of carbonyl (C=O) groups is 5. The molecule has 6 rings (SSSR count). The van der Waals surface area contributed by atoms with Crippen LogP contribution in [0.5, 0.6) is 0 Å². The number of hydrazine groups is 1. The van der Waals surface area contributed by atoms with E-state index >= 15 is 0 Å². The highest BCUT2D eigenvalue weighted by molar-refractivity contribution is 8.01. The SMILES string of the molecule is O=C(CC1SC(c2ccc(Cl)cc2)N(NCC(=O)N2c3ccccc3Sc3ccccc32)C1=O)ON1C(=O)CCC1=O. The van der Waals surface area contributed by atoms with E-state index in [2.05, 4.69) is 5.43 Å². The van der Waals surface area contributed by atoms with Crippen LogP contribution in [-0.2, 0) is 28.8 Å². The standard InChI is InChI=1S/C29H23ClN4O6S2/c30-18-11-9-17(10-12-18)29-33(28(39)23(42-29)15-27(38)40-34-24(35)13-14-25(34)36)31-16-26(37)32-19-5-1-3-7-21(19)41-22-8-4-2-6-20(22)32/h1-12,23,29,31H,13-16H2. The predicted octanol–water partition coefficient (Wildman–Crippen LogP) is 4.61. The number of fused-ring (bicyclic) bond motifs is 2. The van der Waals surface area contributed by atoms with Crippen LogP contribution in [0.15, 0.2) is 82.6 Å². The average molecular weight is 623 g/mol. The van der Waals surface area contributed by atoms with Crippen LogP contribution < -0.4 is 10.3 Å². The maximum Gasteiger partial charge on any atom is 0.334 e. The summed E-state index contributed by atoms with van der Waals surface area (Å²) in [7, 11) is 0. The number of anilines is 2. The molecule has 2 fully saturated rings. The molecule has 0 aromatic heterocycles. The number of hydroxylamine groups is 2. The molecular formula is C29H23ClN4O6S2. The Labute approximate surface area is 254 Å². The molecule has 214 valence electrons. The van der Waals surface area contributed by atoms with E-state index in [1.165, 1.54) is 16.8 Å². The number of para-hydroxylation sites is 2. The van der Waals surface area contributed by atoms with Crippen molar-refractivity contribution in [1.82, 2.24) is 15.5 Å². The van der Waals surface area contributed by atoms with E-state index in [0.29, 0.717) is 10.1 Å². The van der Waals surface area contributed by atoms with Crippen molar-refractivity contribution in [2.45, 2.75) is 39.7 Å². The van der Waals surface area contributed by atoms with Gasteiger partial charge in [0.05, 0.1) is 29.6 Å². The molecule has 2 atom stereocenters. The Kier molecular flexibility index (Phi) is 7.95. The van der Waals surface area contributed by atoms with Crippen molar-refractivity contribution in [3.63, 3.8) is 0 Å². The monoisotopic (exact) mass is 622 g/mol. The summed E-state index contributed by atoms with van der Waals surface area (Å²) in [5.41, 5.74) is 5.22. The molecule has 3 heterocycles. The third-order valence-electron chi connectivity index (χ3n) is 6.83. The van der Waals surface area contributed by atoms with E-state index in [0.717, 1.165) is 26.7 Å². The van der Waals surface area contributed by atoms with Crippen LogP contribution in [0.2, 0.25) is 5.02 Å². The van der Waals surface area contributed by atoms with Crippen LogP contribution in [0.3, 0.4) is 0 Å². The lowest BCUT2D eigenvalue weighted by molar-refractivity contribution is -0.197. The summed E-state index contributed by atoms with van der Waals surface area (Å²) in [5, 5.41) is 0.841. The number of amides is 4. The van der Waals surface area contributed by atoms with E-state index in [-0.39, 0.29) is 31.7 Å². The summed E-state index contributed by atoms with van der Waals surface area (Å²) < 4.78 is 0. The minimum Gasteiger partial charge on any atom is -0.330 e. The van der Waals surface area contributed by atoms with Gasteiger partial charge >= 0.3 is 5.97 Å². The second-order valence-electron chi connectivity index (χ2n) is 9.59. The molecule has 3 aromatic rings. The van der Waals surface area contributed by atoms with Crippen molar-refractivity contribution in [2.24, 2.45) is 0 Å². The van der Waals surface area contributed by atoms with E-state index in [9.17, 15) is 24.0 Å². The third-order valence-corrected chi connectivity index (χ3v) is 9.65. The summed E-state index contributed by atoms with van der Waals surface area (Å²) in [6.07, 6.45) is -0.433. The van der Waals surface area contributed by atoms with Crippen LogP contribution in [0, 0.1) is 0 Å². The van der Waals surface area contributed by atoms with Crippen molar-refractivity contribution >= 4 is 76.1 Å². The number of hydrogen-bond acceptors (Lipinski definition) is 9. The molecule has 0 bridgehead atoms. The Morgan fingerprint density at radius 3 is 2.10 bits per heavy atom. The number of benzene rings is 3. The predicted molar refractivity (Wildman–Crippen MR) is 156 cm³/mol. The van der Waals surface area contributed by atoms with Gasteiger partial charge in [-0.2, -0.15) is 0 Å². The van der Waals surface area contributed by atoms with Gasteiger partial charge in [0.1, 0.15) is 5.37 Å². The first-order chi connectivity index (χ1) is 20.3. The molecule has 10 nitrogen and oxygen atoms in total. The molecule has 0 spiro atoms. The zero-order valence-corrected chi connectivity index (χ0v) is 24.3. The lowest BCUT2D eigenvalue weighted by atomic mass is 10.2. The average Bonchev–Trinajstić information content (AvgIpc) is 3.47. The minimum absolute atomic E-state index is 0.0295. The van der Waals surface area contributed by atoms with Crippen LogP contribution in [-0.4, -0.2) is 51.5 Å². The van der Waals surface area contributed by atoms with Crippen molar-refractivity contribution in [2.75, 3.05) is 11.4 Å². The van der Waals surface area contributed by atoms with Crippen LogP contribution >= 0.6 is 35.1 Å². The molecule has 0 radical (unpaired) electrons. The molecular weight excluding hydrogens is 600 g/mol. The fourth-order valence-electron chi connectivity index (χ4n) is 4.85.